The SMILES string of the molecule is O=C(Nc1cccnc1)C1CC(c2ccc3c(c2)CCO3)NN1. The lowest BCUT2D eigenvalue weighted by Gasteiger charge is -2.11. The van der Waals surface area contributed by atoms with E-state index in [0.29, 0.717) is 12.1 Å². The fourth-order valence-corrected chi connectivity index (χ4v) is 3.04. The lowest BCUT2D eigenvalue weighted by Crippen LogP contribution is -2.39. The van der Waals surface area contributed by atoms with Crippen LogP contribution in [-0.4, -0.2) is 23.5 Å². The van der Waals surface area contributed by atoms with Crippen LogP contribution in [-0.2, 0) is 11.2 Å². The number of nitrogens with zero attached hydrogens (tertiary/aromatic N) is 1. The standard InChI is InChI=1S/C17H18N4O2/c22-17(19-13-2-1-6-18-10-13)15-9-14(20-21-15)11-3-4-16-12(8-11)5-7-23-16/h1-4,6,8,10,14-15,20-21H,5,7,9H2,(H,19,22). The molecule has 1 saturated heterocycles. The van der Waals surface area contributed by atoms with Gasteiger partial charge in [0, 0.05) is 18.7 Å². The molecule has 1 fully saturated rings. The molecule has 6 nitrogen and oxygen atoms in total. The molecular formula is C17H18N4O2. The fraction of sp³-hybridized carbons (Fsp3) is 0.294. The van der Waals surface area contributed by atoms with Crippen LogP contribution in [0, 0.1) is 0 Å². The maximum absolute atomic E-state index is 12.3. The molecule has 0 spiro atoms. The molecule has 1 aromatic heterocycles. The van der Waals surface area contributed by atoms with Gasteiger partial charge in [-0.2, -0.15) is 0 Å². The van der Waals surface area contributed by atoms with Gasteiger partial charge in [0.25, 0.3) is 0 Å². The molecule has 23 heavy (non-hydrogen) atoms. The van der Waals surface area contributed by atoms with Crippen LogP contribution in [0.3, 0.4) is 0 Å². The Morgan fingerprint density at radius 1 is 1.30 bits per heavy atom. The van der Waals surface area contributed by atoms with Gasteiger partial charge >= 0.3 is 0 Å². The predicted molar refractivity (Wildman–Crippen MR) is 85.9 cm³/mol. The summed E-state index contributed by atoms with van der Waals surface area (Å²) in [5.74, 6) is 0.920. The maximum atomic E-state index is 12.3. The Labute approximate surface area is 134 Å². The first-order chi connectivity index (χ1) is 11.3. The third kappa shape index (κ3) is 2.91. The second-order valence-corrected chi connectivity index (χ2v) is 5.83. The molecule has 2 aliphatic rings. The van der Waals surface area contributed by atoms with E-state index < -0.39 is 0 Å². The number of amides is 1. The van der Waals surface area contributed by atoms with Gasteiger partial charge in [0.15, 0.2) is 0 Å². The summed E-state index contributed by atoms with van der Waals surface area (Å²) in [6.07, 6.45) is 4.97. The van der Waals surface area contributed by atoms with Crippen LogP contribution in [0.5, 0.6) is 5.75 Å². The summed E-state index contributed by atoms with van der Waals surface area (Å²) in [6, 6.07) is 9.71. The highest BCUT2D eigenvalue weighted by molar-refractivity contribution is 5.94. The van der Waals surface area contributed by atoms with Crippen molar-refractivity contribution >= 4 is 11.6 Å². The molecule has 3 N–H and O–H groups in total. The zero-order chi connectivity index (χ0) is 15.6. The lowest BCUT2D eigenvalue weighted by molar-refractivity contribution is -0.117. The predicted octanol–water partition coefficient (Wildman–Crippen LogP) is 1.56. The van der Waals surface area contributed by atoms with Crippen LogP contribution >= 0.6 is 0 Å². The topological polar surface area (TPSA) is 75.3 Å². The molecule has 4 rings (SSSR count). The third-order valence-electron chi connectivity index (χ3n) is 4.26. The minimum atomic E-state index is -0.273. The molecular weight excluding hydrogens is 292 g/mol. The van der Waals surface area contributed by atoms with Crippen molar-refractivity contribution in [2.75, 3.05) is 11.9 Å². The van der Waals surface area contributed by atoms with Crippen molar-refractivity contribution in [1.82, 2.24) is 15.8 Å². The van der Waals surface area contributed by atoms with E-state index in [2.05, 4.69) is 33.3 Å². The van der Waals surface area contributed by atoms with Gasteiger partial charge in [-0.3, -0.25) is 9.78 Å². The molecule has 2 unspecified atom stereocenters. The number of benzene rings is 1. The number of ether oxygens (including phenoxy) is 1. The number of nitrogens with one attached hydrogen (secondary N) is 3. The van der Waals surface area contributed by atoms with E-state index in [1.807, 2.05) is 12.1 Å². The number of anilines is 1. The minimum Gasteiger partial charge on any atom is -0.493 e. The van der Waals surface area contributed by atoms with Crippen molar-refractivity contribution in [2.24, 2.45) is 0 Å². The van der Waals surface area contributed by atoms with Crippen molar-refractivity contribution in [3.63, 3.8) is 0 Å². The highest BCUT2D eigenvalue weighted by Gasteiger charge is 2.30. The third-order valence-corrected chi connectivity index (χ3v) is 4.26. The molecule has 6 heteroatoms. The van der Waals surface area contributed by atoms with Crippen molar-refractivity contribution in [3.8, 4) is 5.75 Å². The highest BCUT2D eigenvalue weighted by atomic mass is 16.5. The number of carbonyl (C=O) groups is 1. The summed E-state index contributed by atoms with van der Waals surface area (Å²) < 4.78 is 5.54. The summed E-state index contributed by atoms with van der Waals surface area (Å²) in [5.41, 5.74) is 9.42. The van der Waals surface area contributed by atoms with Gasteiger partial charge in [-0.05, 0) is 35.7 Å². The van der Waals surface area contributed by atoms with Gasteiger partial charge in [-0.15, -0.1) is 0 Å². The van der Waals surface area contributed by atoms with Crippen molar-refractivity contribution < 1.29 is 9.53 Å². The average Bonchev–Trinajstić information content (AvgIpc) is 3.24. The number of carbonyl (C=O) groups excluding carboxylic acids is 1. The van der Waals surface area contributed by atoms with Crippen molar-refractivity contribution in [3.05, 3.63) is 53.9 Å². The second-order valence-electron chi connectivity index (χ2n) is 5.83. The van der Waals surface area contributed by atoms with Gasteiger partial charge < -0.3 is 10.1 Å². The Morgan fingerprint density at radius 2 is 2.26 bits per heavy atom. The Bertz CT molecular complexity index is 720. The van der Waals surface area contributed by atoms with E-state index in [4.69, 9.17) is 4.74 Å². The van der Waals surface area contributed by atoms with E-state index in [9.17, 15) is 4.79 Å². The molecule has 2 atom stereocenters. The van der Waals surface area contributed by atoms with E-state index in [1.54, 1.807) is 18.5 Å². The normalized spacial score (nSPS) is 22.4. The smallest absolute Gasteiger partial charge is 0.242 e. The summed E-state index contributed by atoms with van der Waals surface area (Å²) in [5, 5.41) is 2.87. The highest BCUT2D eigenvalue weighted by Crippen LogP contribution is 2.30. The van der Waals surface area contributed by atoms with Gasteiger partial charge in [-0.1, -0.05) is 12.1 Å². The maximum Gasteiger partial charge on any atom is 0.242 e. The Balaban J connectivity index is 1.42. The molecule has 0 aliphatic carbocycles. The molecule has 2 aliphatic heterocycles. The Morgan fingerprint density at radius 3 is 3.13 bits per heavy atom. The molecule has 2 aromatic rings. The monoisotopic (exact) mass is 310 g/mol. The number of fused-ring (bicyclic) bond motifs is 1. The van der Waals surface area contributed by atoms with Crippen LogP contribution < -0.4 is 20.9 Å². The van der Waals surface area contributed by atoms with Crippen LogP contribution in [0.4, 0.5) is 5.69 Å². The van der Waals surface area contributed by atoms with Gasteiger partial charge in [0.05, 0.1) is 18.5 Å². The van der Waals surface area contributed by atoms with Crippen molar-refractivity contribution in [1.29, 1.82) is 0 Å². The van der Waals surface area contributed by atoms with Gasteiger partial charge in [0.1, 0.15) is 11.8 Å². The van der Waals surface area contributed by atoms with Crippen LogP contribution in [0.1, 0.15) is 23.6 Å². The zero-order valence-corrected chi connectivity index (χ0v) is 12.6. The molecule has 0 radical (unpaired) electrons. The summed E-state index contributed by atoms with van der Waals surface area (Å²) in [7, 11) is 0. The van der Waals surface area contributed by atoms with E-state index in [-0.39, 0.29) is 18.0 Å². The average molecular weight is 310 g/mol. The molecule has 3 heterocycles. The van der Waals surface area contributed by atoms with Crippen LogP contribution in [0.25, 0.3) is 0 Å². The first kappa shape index (κ1) is 14.2. The summed E-state index contributed by atoms with van der Waals surface area (Å²) in [4.78, 5) is 16.3. The number of pyridine rings is 1. The number of aromatic nitrogens is 1. The number of rotatable bonds is 3. The van der Waals surface area contributed by atoms with Crippen molar-refractivity contribution in [2.45, 2.75) is 24.9 Å². The molecule has 1 amide bonds. The molecule has 0 saturated carbocycles. The first-order valence-corrected chi connectivity index (χ1v) is 7.77. The summed E-state index contributed by atoms with van der Waals surface area (Å²) in [6.45, 7) is 0.755. The molecule has 1 aromatic carbocycles. The number of hydrogen-bond acceptors (Lipinski definition) is 5. The van der Waals surface area contributed by atoms with E-state index >= 15 is 0 Å². The van der Waals surface area contributed by atoms with Crippen LogP contribution in [0.15, 0.2) is 42.7 Å². The van der Waals surface area contributed by atoms with E-state index in [0.717, 1.165) is 18.8 Å². The Kier molecular flexibility index (Phi) is 3.69. The second kappa shape index (κ2) is 5.98. The largest absolute Gasteiger partial charge is 0.493 e. The van der Waals surface area contributed by atoms with E-state index in [1.165, 1.54) is 11.1 Å². The van der Waals surface area contributed by atoms with Gasteiger partial charge in [-0.25, -0.2) is 10.9 Å². The lowest BCUT2D eigenvalue weighted by atomic mass is 9.99. The summed E-state index contributed by atoms with van der Waals surface area (Å²) >= 11 is 0. The quantitative estimate of drug-likeness (QED) is 0.802. The molecule has 0 bridgehead atoms. The molecule has 118 valence electrons. The van der Waals surface area contributed by atoms with Crippen LogP contribution in [0.2, 0.25) is 0 Å². The first-order valence-electron chi connectivity index (χ1n) is 7.77. The zero-order valence-electron chi connectivity index (χ0n) is 12.6. The van der Waals surface area contributed by atoms with Gasteiger partial charge in [0.2, 0.25) is 5.91 Å². The Hall–Kier alpha value is -2.44. The minimum absolute atomic E-state index is 0.0579. The fourth-order valence-electron chi connectivity index (χ4n) is 3.04. The number of hydrazine groups is 1. The number of hydrogen-bond donors (Lipinski definition) is 3.